The zero-order valence-electron chi connectivity index (χ0n) is 16.6. The van der Waals surface area contributed by atoms with E-state index in [2.05, 4.69) is 15.2 Å². The Balaban J connectivity index is 0.00000300. The van der Waals surface area contributed by atoms with Crippen LogP contribution in [0.1, 0.15) is 17.5 Å². The first-order valence-electron chi connectivity index (χ1n) is 9.78. The van der Waals surface area contributed by atoms with Gasteiger partial charge in [0.15, 0.2) is 5.96 Å². The van der Waals surface area contributed by atoms with Crippen LogP contribution in [0.4, 0.5) is 0 Å². The minimum atomic E-state index is 0. The molecule has 1 aromatic heterocycles. The predicted octanol–water partition coefficient (Wildman–Crippen LogP) is 1.64. The molecule has 1 aliphatic rings. The number of benzene rings is 1. The van der Waals surface area contributed by atoms with Crippen molar-refractivity contribution in [3.05, 3.63) is 70.1 Å². The molecule has 0 aliphatic carbocycles. The molecule has 0 amide bonds. The lowest BCUT2D eigenvalue weighted by molar-refractivity contribution is 0.0376. The Morgan fingerprint density at radius 2 is 1.83 bits per heavy atom. The zero-order chi connectivity index (χ0) is 19.6. The molecule has 0 saturated carbocycles. The number of nitrogens with zero attached hydrogens (tertiary/aromatic N) is 3. The van der Waals surface area contributed by atoms with E-state index in [1.165, 1.54) is 0 Å². The van der Waals surface area contributed by atoms with Crippen molar-refractivity contribution in [3.63, 3.8) is 0 Å². The van der Waals surface area contributed by atoms with Crippen LogP contribution >= 0.6 is 24.0 Å². The number of aliphatic imine (C=N–C) groups is 1. The molecule has 1 aliphatic heterocycles. The summed E-state index contributed by atoms with van der Waals surface area (Å²) in [5.74, 6) is 0.474. The van der Waals surface area contributed by atoms with Gasteiger partial charge in [0, 0.05) is 31.9 Å². The molecule has 29 heavy (non-hydrogen) atoms. The number of guanidine groups is 1. The summed E-state index contributed by atoms with van der Waals surface area (Å²) >= 11 is 0. The maximum atomic E-state index is 11.8. The Kier molecular flexibility index (Phi) is 10.2. The molecule has 0 spiro atoms. The van der Waals surface area contributed by atoms with Crippen LogP contribution in [0.2, 0.25) is 0 Å². The van der Waals surface area contributed by atoms with Crippen LogP contribution in [0, 0.1) is 0 Å². The van der Waals surface area contributed by atoms with Crippen molar-refractivity contribution in [2.75, 3.05) is 39.4 Å². The van der Waals surface area contributed by atoms with Crippen molar-refractivity contribution in [2.45, 2.75) is 19.5 Å². The fourth-order valence-corrected chi connectivity index (χ4v) is 3.11. The highest BCUT2D eigenvalue weighted by molar-refractivity contribution is 14.0. The first kappa shape index (κ1) is 23.4. The number of nitrogens with two attached hydrogens (primary N) is 1. The van der Waals surface area contributed by atoms with Gasteiger partial charge in [0.05, 0.1) is 26.3 Å². The topological polar surface area (TPSA) is 84.9 Å². The van der Waals surface area contributed by atoms with E-state index in [9.17, 15) is 4.79 Å². The van der Waals surface area contributed by atoms with Crippen LogP contribution in [0.5, 0.6) is 0 Å². The molecule has 3 rings (SSSR count). The van der Waals surface area contributed by atoms with Crippen molar-refractivity contribution in [1.29, 1.82) is 0 Å². The Morgan fingerprint density at radius 3 is 2.55 bits per heavy atom. The van der Waals surface area contributed by atoms with Gasteiger partial charge in [-0.25, -0.2) is 4.99 Å². The molecule has 1 aromatic carbocycles. The molecule has 1 saturated heterocycles. The quantitative estimate of drug-likeness (QED) is 0.244. The average molecular weight is 511 g/mol. The van der Waals surface area contributed by atoms with Crippen LogP contribution < -0.4 is 16.6 Å². The molecular weight excluding hydrogens is 481 g/mol. The molecule has 0 unspecified atom stereocenters. The van der Waals surface area contributed by atoms with Crippen LogP contribution in [0.3, 0.4) is 0 Å². The highest BCUT2D eigenvalue weighted by Gasteiger charge is 2.09. The molecular formula is C21H30IN5O2. The van der Waals surface area contributed by atoms with Crippen LogP contribution in [-0.2, 0) is 17.8 Å². The van der Waals surface area contributed by atoms with Crippen LogP contribution in [0.15, 0.2) is 58.4 Å². The van der Waals surface area contributed by atoms with Crippen LogP contribution in [0.25, 0.3) is 0 Å². The molecule has 8 heteroatoms. The van der Waals surface area contributed by atoms with Gasteiger partial charge in [-0.1, -0.05) is 30.3 Å². The molecule has 3 N–H and O–H groups in total. The summed E-state index contributed by atoms with van der Waals surface area (Å²) in [4.78, 5) is 18.6. The van der Waals surface area contributed by atoms with Gasteiger partial charge < -0.3 is 20.4 Å². The second-order valence-electron chi connectivity index (χ2n) is 6.92. The Bertz CT molecular complexity index is 816. The van der Waals surface area contributed by atoms with Crippen molar-refractivity contribution in [3.8, 4) is 0 Å². The van der Waals surface area contributed by atoms with Gasteiger partial charge in [0.1, 0.15) is 0 Å². The molecule has 2 heterocycles. The Labute approximate surface area is 189 Å². The van der Waals surface area contributed by atoms with Crippen molar-refractivity contribution >= 4 is 29.9 Å². The minimum Gasteiger partial charge on any atom is -0.379 e. The number of nitrogens with one attached hydrogen (secondary N) is 1. The van der Waals surface area contributed by atoms with E-state index in [-0.39, 0.29) is 29.5 Å². The fourth-order valence-electron chi connectivity index (χ4n) is 3.11. The summed E-state index contributed by atoms with van der Waals surface area (Å²) in [6, 6.07) is 13.3. The third-order valence-corrected chi connectivity index (χ3v) is 4.77. The number of hydrogen-bond acceptors (Lipinski definition) is 4. The monoisotopic (exact) mass is 511 g/mol. The van der Waals surface area contributed by atoms with Crippen molar-refractivity contribution in [2.24, 2.45) is 10.7 Å². The lowest BCUT2D eigenvalue weighted by Gasteiger charge is -2.26. The van der Waals surface area contributed by atoms with Gasteiger partial charge in [-0.2, -0.15) is 0 Å². The summed E-state index contributed by atoms with van der Waals surface area (Å²) in [6.45, 7) is 6.66. The molecule has 158 valence electrons. The highest BCUT2D eigenvalue weighted by Crippen LogP contribution is 2.07. The van der Waals surface area contributed by atoms with E-state index in [1.807, 2.05) is 30.3 Å². The minimum absolute atomic E-state index is 0. The maximum Gasteiger partial charge on any atom is 0.250 e. The third-order valence-electron chi connectivity index (χ3n) is 4.77. The van der Waals surface area contributed by atoms with Gasteiger partial charge in [-0.3, -0.25) is 9.69 Å². The van der Waals surface area contributed by atoms with E-state index in [0.717, 1.165) is 56.9 Å². The number of ether oxygens (including phenoxy) is 1. The smallest absolute Gasteiger partial charge is 0.250 e. The molecule has 0 bridgehead atoms. The second kappa shape index (κ2) is 12.6. The molecule has 2 aromatic rings. The normalized spacial score (nSPS) is 15.0. The number of aromatic nitrogens is 1. The van der Waals surface area contributed by atoms with E-state index in [0.29, 0.717) is 19.0 Å². The summed E-state index contributed by atoms with van der Waals surface area (Å²) in [5.41, 5.74) is 8.12. The van der Waals surface area contributed by atoms with E-state index in [4.69, 9.17) is 10.5 Å². The molecule has 7 nitrogen and oxygen atoms in total. The van der Waals surface area contributed by atoms with Gasteiger partial charge in [-0.15, -0.1) is 24.0 Å². The lowest BCUT2D eigenvalue weighted by Crippen LogP contribution is -2.39. The first-order valence-corrected chi connectivity index (χ1v) is 9.78. The first-order chi connectivity index (χ1) is 13.7. The number of hydrogen-bond donors (Lipinski definition) is 2. The van der Waals surface area contributed by atoms with Gasteiger partial charge in [0.2, 0.25) is 0 Å². The standard InChI is InChI=1S/C21H29N5O2.HI/c22-21(23-9-3-10-25-12-14-28-15-13-25)24-16-18-5-7-19(8-6-18)17-26-11-2-1-4-20(26)27;/h1-2,4-8,11H,3,9-10,12-17H2,(H3,22,23,24);1H. The summed E-state index contributed by atoms with van der Waals surface area (Å²) < 4.78 is 7.04. The number of morpholine rings is 1. The molecule has 1 fully saturated rings. The molecule has 0 radical (unpaired) electrons. The van der Waals surface area contributed by atoms with Crippen molar-refractivity contribution in [1.82, 2.24) is 14.8 Å². The van der Waals surface area contributed by atoms with Crippen molar-refractivity contribution < 1.29 is 4.74 Å². The number of pyridine rings is 1. The number of halogens is 1. The van der Waals surface area contributed by atoms with Crippen LogP contribution in [-0.4, -0.2) is 54.8 Å². The summed E-state index contributed by atoms with van der Waals surface area (Å²) in [5, 5.41) is 3.17. The van der Waals surface area contributed by atoms with Gasteiger partial charge >= 0.3 is 0 Å². The van der Waals surface area contributed by atoms with E-state index < -0.39 is 0 Å². The third kappa shape index (κ3) is 8.15. The fraction of sp³-hybridized carbons (Fsp3) is 0.429. The van der Waals surface area contributed by atoms with E-state index >= 15 is 0 Å². The second-order valence-corrected chi connectivity index (χ2v) is 6.92. The van der Waals surface area contributed by atoms with Gasteiger partial charge in [0.25, 0.3) is 5.56 Å². The lowest BCUT2D eigenvalue weighted by atomic mass is 10.1. The zero-order valence-corrected chi connectivity index (χ0v) is 19.0. The summed E-state index contributed by atoms with van der Waals surface area (Å²) in [7, 11) is 0. The highest BCUT2D eigenvalue weighted by atomic mass is 127. The largest absolute Gasteiger partial charge is 0.379 e. The van der Waals surface area contributed by atoms with Gasteiger partial charge in [-0.05, 0) is 30.2 Å². The average Bonchev–Trinajstić information content (AvgIpc) is 2.73. The SMILES string of the molecule is I.NC(=NCc1ccc(Cn2ccccc2=O)cc1)NCCCN1CCOCC1. The van der Waals surface area contributed by atoms with E-state index in [1.54, 1.807) is 22.9 Å². The Morgan fingerprint density at radius 1 is 1.10 bits per heavy atom. The number of rotatable bonds is 8. The predicted molar refractivity (Wildman–Crippen MR) is 127 cm³/mol. The summed E-state index contributed by atoms with van der Waals surface area (Å²) in [6.07, 6.45) is 2.83. The maximum absolute atomic E-state index is 11.8. The molecule has 0 atom stereocenters. The Hall–Kier alpha value is -1.91.